The number of rotatable bonds is 0. The van der Waals surface area contributed by atoms with Gasteiger partial charge in [-0.05, 0) is 34.1 Å². The average molecular weight is 260 g/mol. The topological polar surface area (TPSA) is 52.0 Å². The van der Waals surface area contributed by atoms with Gasteiger partial charge in [0.05, 0.1) is 0 Å². The van der Waals surface area contributed by atoms with E-state index in [1.54, 1.807) is 12.1 Å². The van der Waals surface area contributed by atoms with E-state index < -0.39 is 0 Å². The van der Waals surface area contributed by atoms with Crippen molar-refractivity contribution in [3.8, 4) is 0 Å². The van der Waals surface area contributed by atoms with Crippen LogP contribution < -0.4 is 11.5 Å². The van der Waals surface area contributed by atoms with E-state index in [9.17, 15) is 0 Å². The largest absolute Gasteiger partial charge is 0.399 e. The lowest BCUT2D eigenvalue weighted by Crippen LogP contribution is -1.89. The van der Waals surface area contributed by atoms with Crippen LogP contribution in [0.25, 0.3) is 0 Å². The number of hydrogen-bond acceptors (Lipinski definition) is 2. The zero-order chi connectivity index (χ0) is 6.85. The normalized spacial score (nSPS) is 7.73. The maximum atomic E-state index is 5.49. The molecule has 0 bridgehead atoms. The van der Waals surface area contributed by atoms with Crippen LogP contribution in [0.5, 0.6) is 0 Å². The summed E-state index contributed by atoms with van der Waals surface area (Å²) in [5.41, 5.74) is 12.3. The van der Waals surface area contributed by atoms with Crippen LogP contribution in [0, 0.1) is 0 Å². The second-order valence-electron chi connectivity index (χ2n) is 1.78. The van der Waals surface area contributed by atoms with Crippen LogP contribution >= 0.6 is 40.7 Å². The highest BCUT2D eigenvalue weighted by Gasteiger charge is 1.92. The van der Waals surface area contributed by atoms with E-state index in [-0.39, 0.29) is 24.8 Å². The van der Waals surface area contributed by atoms with E-state index in [4.69, 9.17) is 11.5 Å². The van der Waals surface area contributed by atoms with Crippen molar-refractivity contribution >= 4 is 52.1 Å². The van der Waals surface area contributed by atoms with E-state index in [2.05, 4.69) is 15.9 Å². The number of hydrogen-bond donors (Lipinski definition) is 2. The number of benzene rings is 1. The van der Waals surface area contributed by atoms with Gasteiger partial charge in [-0.1, -0.05) is 0 Å². The summed E-state index contributed by atoms with van der Waals surface area (Å²) in [7, 11) is 0. The van der Waals surface area contributed by atoms with Crippen molar-refractivity contribution in [1.29, 1.82) is 0 Å². The molecule has 0 amide bonds. The van der Waals surface area contributed by atoms with Gasteiger partial charge < -0.3 is 11.5 Å². The van der Waals surface area contributed by atoms with Gasteiger partial charge in [0.15, 0.2) is 0 Å². The van der Waals surface area contributed by atoms with Crippen LogP contribution in [-0.4, -0.2) is 0 Å². The van der Waals surface area contributed by atoms with Gasteiger partial charge in [0, 0.05) is 15.8 Å². The standard InChI is InChI=1S/C6H7BrN2.2ClH/c7-5-2-1-4(8)3-6(5)9;;/h1-3H,8-9H2;2*1H. The first-order chi connectivity index (χ1) is 4.20. The molecule has 5 heteroatoms. The van der Waals surface area contributed by atoms with Crippen molar-refractivity contribution in [2.45, 2.75) is 0 Å². The van der Waals surface area contributed by atoms with E-state index in [1.165, 1.54) is 0 Å². The highest BCUT2D eigenvalue weighted by Crippen LogP contribution is 2.20. The molecule has 1 rings (SSSR count). The Bertz CT molecular complexity index is 230. The molecule has 0 saturated carbocycles. The molecule has 0 saturated heterocycles. The minimum atomic E-state index is 0. The third-order valence-corrected chi connectivity index (χ3v) is 1.74. The molecule has 2 nitrogen and oxygen atoms in total. The Kier molecular flexibility index (Phi) is 6.76. The molecule has 0 radical (unpaired) electrons. The first kappa shape index (κ1) is 13.5. The molecule has 0 unspecified atom stereocenters. The molecule has 0 aromatic heterocycles. The second kappa shape index (κ2) is 5.52. The summed E-state index contributed by atoms with van der Waals surface area (Å²) < 4.78 is 0.886. The minimum absolute atomic E-state index is 0. The highest BCUT2D eigenvalue weighted by atomic mass is 79.9. The Labute approximate surface area is 86.3 Å². The molecule has 1 aromatic carbocycles. The van der Waals surface area contributed by atoms with Gasteiger partial charge in [-0.3, -0.25) is 0 Å². The minimum Gasteiger partial charge on any atom is -0.399 e. The summed E-state index contributed by atoms with van der Waals surface area (Å²) in [6, 6.07) is 5.33. The van der Waals surface area contributed by atoms with Crippen LogP contribution in [0.4, 0.5) is 11.4 Å². The van der Waals surface area contributed by atoms with Gasteiger partial charge in [-0.15, -0.1) is 24.8 Å². The van der Waals surface area contributed by atoms with Gasteiger partial charge in [0.2, 0.25) is 0 Å². The van der Waals surface area contributed by atoms with Gasteiger partial charge >= 0.3 is 0 Å². The molecule has 0 aliphatic heterocycles. The molecular weight excluding hydrogens is 251 g/mol. The van der Waals surface area contributed by atoms with Crippen molar-refractivity contribution in [2.24, 2.45) is 0 Å². The Hall–Kier alpha value is -0.120. The quantitative estimate of drug-likeness (QED) is 0.704. The molecule has 11 heavy (non-hydrogen) atoms. The summed E-state index contributed by atoms with van der Waals surface area (Å²) >= 11 is 3.25. The zero-order valence-electron chi connectivity index (χ0n) is 5.58. The molecule has 64 valence electrons. The van der Waals surface area contributed by atoms with Crippen molar-refractivity contribution in [3.05, 3.63) is 22.7 Å². The summed E-state index contributed by atoms with van der Waals surface area (Å²) in [5, 5.41) is 0. The van der Waals surface area contributed by atoms with Gasteiger partial charge in [0.1, 0.15) is 0 Å². The van der Waals surface area contributed by atoms with Crippen LogP contribution in [0.2, 0.25) is 0 Å². The van der Waals surface area contributed by atoms with E-state index in [1.807, 2.05) is 6.07 Å². The van der Waals surface area contributed by atoms with Crippen molar-refractivity contribution in [1.82, 2.24) is 0 Å². The van der Waals surface area contributed by atoms with Gasteiger partial charge in [0.25, 0.3) is 0 Å². The lowest BCUT2D eigenvalue weighted by Gasteiger charge is -1.96. The third-order valence-electron chi connectivity index (χ3n) is 1.02. The van der Waals surface area contributed by atoms with Crippen LogP contribution in [-0.2, 0) is 0 Å². The second-order valence-corrected chi connectivity index (χ2v) is 2.64. The van der Waals surface area contributed by atoms with Gasteiger partial charge in [-0.25, -0.2) is 0 Å². The maximum Gasteiger partial charge on any atom is 0.0479 e. The highest BCUT2D eigenvalue weighted by molar-refractivity contribution is 9.10. The summed E-state index contributed by atoms with van der Waals surface area (Å²) in [5.74, 6) is 0. The fourth-order valence-electron chi connectivity index (χ4n) is 0.562. The maximum absolute atomic E-state index is 5.49. The Morgan fingerprint density at radius 3 is 2.00 bits per heavy atom. The number of nitrogen functional groups attached to an aromatic ring is 2. The zero-order valence-corrected chi connectivity index (χ0v) is 8.80. The molecule has 1 aromatic rings. The lowest BCUT2D eigenvalue weighted by molar-refractivity contribution is 1.62. The SMILES string of the molecule is Cl.Cl.Nc1ccc(Br)c(N)c1. The van der Waals surface area contributed by atoms with E-state index in [0.717, 1.165) is 4.47 Å². The summed E-state index contributed by atoms with van der Waals surface area (Å²) in [6.07, 6.45) is 0. The average Bonchev–Trinajstić information content (AvgIpc) is 1.80. The van der Waals surface area contributed by atoms with Crippen LogP contribution in [0.3, 0.4) is 0 Å². The van der Waals surface area contributed by atoms with Crippen molar-refractivity contribution < 1.29 is 0 Å². The Morgan fingerprint density at radius 2 is 1.64 bits per heavy atom. The van der Waals surface area contributed by atoms with Crippen molar-refractivity contribution in [2.75, 3.05) is 11.5 Å². The monoisotopic (exact) mass is 258 g/mol. The Balaban J connectivity index is 0. The van der Waals surface area contributed by atoms with Gasteiger partial charge in [-0.2, -0.15) is 0 Å². The number of anilines is 2. The van der Waals surface area contributed by atoms with E-state index in [0.29, 0.717) is 11.4 Å². The number of nitrogens with two attached hydrogens (primary N) is 2. The predicted octanol–water partition coefficient (Wildman–Crippen LogP) is 2.46. The molecule has 4 N–H and O–H groups in total. The van der Waals surface area contributed by atoms with Crippen molar-refractivity contribution in [3.63, 3.8) is 0 Å². The van der Waals surface area contributed by atoms with E-state index >= 15 is 0 Å². The summed E-state index contributed by atoms with van der Waals surface area (Å²) in [6.45, 7) is 0. The predicted molar refractivity (Wildman–Crippen MR) is 57.5 cm³/mol. The molecule has 0 aliphatic rings. The summed E-state index contributed by atoms with van der Waals surface area (Å²) in [4.78, 5) is 0. The first-order valence-corrected chi connectivity index (χ1v) is 3.30. The molecule has 0 fully saturated rings. The fourth-order valence-corrected chi connectivity index (χ4v) is 0.809. The molecule has 0 aliphatic carbocycles. The van der Waals surface area contributed by atoms with Crippen LogP contribution in [0.1, 0.15) is 0 Å². The third kappa shape index (κ3) is 3.70. The molecule has 0 spiro atoms. The molecular formula is C6H9BrCl2N2. The molecule has 0 heterocycles. The first-order valence-electron chi connectivity index (χ1n) is 2.50. The van der Waals surface area contributed by atoms with Crippen LogP contribution in [0.15, 0.2) is 22.7 Å². The lowest BCUT2D eigenvalue weighted by atomic mass is 10.3. The molecule has 0 atom stereocenters. The number of halogens is 3. The smallest absolute Gasteiger partial charge is 0.0479 e. The fraction of sp³-hybridized carbons (Fsp3) is 0. The Morgan fingerprint density at radius 1 is 1.09 bits per heavy atom.